The van der Waals surface area contributed by atoms with Crippen molar-refractivity contribution in [1.82, 2.24) is 5.32 Å². The van der Waals surface area contributed by atoms with Gasteiger partial charge in [-0.15, -0.1) is 0 Å². The Morgan fingerprint density at radius 3 is 2.35 bits per heavy atom. The molecule has 1 saturated carbocycles. The fourth-order valence-electron chi connectivity index (χ4n) is 3.12. The van der Waals surface area contributed by atoms with E-state index in [1.807, 2.05) is 0 Å². The van der Waals surface area contributed by atoms with E-state index in [0.717, 1.165) is 5.25 Å². The smallest absolute Gasteiger partial charge is 0.0294 e. The molecule has 0 amide bonds. The highest BCUT2D eigenvalue weighted by Gasteiger charge is 2.28. The maximum atomic E-state index is 3.86. The third-order valence-corrected chi connectivity index (χ3v) is 5.73. The lowest BCUT2D eigenvalue weighted by atomic mass is 9.99. The zero-order valence-electron chi connectivity index (χ0n) is 13.4. The van der Waals surface area contributed by atoms with Crippen molar-refractivity contribution in [3.63, 3.8) is 0 Å². The molecule has 1 aromatic rings. The molecule has 1 N–H and O–H groups in total. The van der Waals surface area contributed by atoms with E-state index in [4.69, 9.17) is 0 Å². The first-order chi connectivity index (χ1) is 9.61. The molecule has 20 heavy (non-hydrogen) atoms. The summed E-state index contributed by atoms with van der Waals surface area (Å²) in [5.41, 5.74) is 2.85. The Balaban J connectivity index is 1.95. The van der Waals surface area contributed by atoms with Gasteiger partial charge in [-0.1, -0.05) is 51.5 Å². The van der Waals surface area contributed by atoms with Crippen molar-refractivity contribution < 1.29 is 0 Å². The van der Waals surface area contributed by atoms with Crippen molar-refractivity contribution in [2.45, 2.75) is 70.2 Å². The van der Waals surface area contributed by atoms with Crippen LogP contribution in [0.4, 0.5) is 0 Å². The number of hydrogen-bond donors (Lipinski definition) is 1. The Labute approximate surface area is 128 Å². The van der Waals surface area contributed by atoms with E-state index in [1.54, 1.807) is 0 Å². The fourth-order valence-corrected chi connectivity index (χ4v) is 4.33. The monoisotopic (exact) mass is 291 g/mol. The lowest BCUT2D eigenvalue weighted by molar-refractivity contribution is 0.467. The van der Waals surface area contributed by atoms with Gasteiger partial charge in [0.1, 0.15) is 0 Å². The van der Waals surface area contributed by atoms with Crippen LogP contribution < -0.4 is 5.32 Å². The van der Waals surface area contributed by atoms with Crippen LogP contribution in [0.25, 0.3) is 0 Å². The quantitative estimate of drug-likeness (QED) is 0.779. The summed E-state index contributed by atoms with van der Waals surface area (Å²) >= 11 is 2.13. The van der Waals surface area contributed by atoms with E-state index in [0.29, 0.717) is 18.0 Å². The maximum absolute atomic E-state index is 3.86. The highest BCUT2D eigenvalue weighted by atomic mass is 32.2. The predicted octanol–water partition coefficient (Wildman–Crippen LogP) is 5.13. The standard InChI is InChI=1S/C18H29NS/c1-5-20-18-8-6-7-17(18)19-14(4)16-11-9-15(10-12-16)13(2)3/h9-14,17-19H,5-8H2,1-4H3. The van der Waals surface area contributed by atoms with Crippen LogP contribution in [0.3, 0.4) is 0 Å². The van der Waals surface area contributed by atoms with Gasteiger partial charge in [0.25, 0.3) is 0 Å². The molecule has 1 nitrogen and oxygen atoms in total. The Kier molecular flexibility index (Phi) is 5.98. The van der Waals surface area contributed by atoms with Crippen LogP contribution in [0.15, 0.2) is 24.3 Å². The SMILES string of the molecule is CCSC1CCCC1NC(C)c1ccc(C(C)C)cc1. The average molecular weight is 292 g/mol. The predicted molar refractivity (Wildman–Crippen MR) is 91.6 cm³/mol. The average Bonchev–Trinajstić information content (AvgIpc) is 2.86. The minimum Gasteiger partial charge on any atom is -0.306 e. The van der Waals surface area contributed by atoms with Crippen molar-refractivity contribution in [2.24, 2.45) is 0 Å². The molecule has 1 aromatic carbocycles. The molecule has 1 aliphatic carbocycles. The van der Waals surface area contributed by atoms with Gasteiger partial charge >= 0.3 is 0 Å². The van der Waals surface area contributed by atoms with E-state index in [2.05, 4.69) is 69.0 Å². The van der Waals surface area contributed by atoms with E-state index < -0.39 is 0 Å². The summed E-state index contributed by atoms with van der Waals surface area (Å²) in [6.07, 6.45) is 4.11. The van der Waals surface area contributed by atoms with Crippen LogP contribution in [0, 0.1) is 0 Å². The highest BCUT2D eigenvalue weighted by molar-refractivity contribution is 7.99. The summed E-state index contributed by atoms with van der Waals surface area (Å²) in [7, 11) is 0. The molecule has 1 aliphatic rings. The molecule has 3 unspecified atom stereocenters. The third-order valence-electron chi connectivity index (χ3n) is 4.40. The van der Waals surface area contributed by atoms with Crippen molar-refractivity contribution >= 4 is 11.8 Å². The van der Waals surface area contributed by atoms with E-state index >= 15 is 0 Å². The van der Waals surface area contributed by atoms with Crippen LogP contribution in [-0.4, -0.2) is 17.0 Å². The summed E-state index contributed by atoms with van der Waals surface area (Å²) in [6.45, 7) is 9.08. The lowest BCUT2D eigenvalue weighted by Gasteiger charge is -2.25. The molecule has 0 heterocycles. The molecular weight excluding hydrogens is 262 g/mol. The van der Waals surface area contributed by atoms with E-state index in [9.17, 15) is 0 Å². The summed E-state index contributed by atoms with van der Waals surface area (Å²) in [5.74, 6) is 1.85. The first kappa shape index (κ1) is 15.9. The van der Waals surface area contributed by atoms with Gasteiger partial charge in [0.05, 0.1) is 0 Å². The van der Waals surface area contributed by atoms with E-state index in [1.165, 1.54) is 36.1 Å². The molecule has 0 saturated heterocycles. The van der Waals surface area contributed by atoms with Gasteiger partial charge in [0, 0.05) is 17.3 Å². The van der Waals surface area contributed by atoms with E-state index in [-0.39, 0.29) is 0 Å². The number of nitrogens with one attached hydrogen (secondary N) is 1. The number of rotatable bonds is 6. The van der Waals surface area contributed by atoms with Crippen molar-refractivity contribution in [3.05, 3.63) is 35.4 Å². The van der Waals surface area contributed by atoms with Crippen LogP contribution in [-0.2, 0) is 0 Å². The summed E-state index contributed by atoms with van der Waals surface area (Å²) in [6, 6.07) is 10.3. The molecule has 2 heteroatoms. The first-order valence-electron chi connectivity index (χ1n) is 8.09. The molecule has 112 valence electrons. The molecule has 0 bridgehead atoms. The fraction of sp³-hybridized carbons (Fsp3) is 0.667. The number of hydrogen-bond acceptors (Lipinski definition) is 2. The highest BCUT2D eigenvalue weighted by Crippen LogP contribution is 2.31. The molecule has 0 aliphatic heterocycles. The number of thioether (sulfide) groups is 1. The van der Waals surface area contributed by atoms with Crippen LogP contribution in [0.5, 0.6) is 0 Å². The molecule has 0 radical (unpaired) electrons. The maximum Gasteiger partial charge on any atom is 0.0294 e. The van der Waals surface area contributed by atoms with Crippen LogP contribution in [0.2, 0.25) is 0 Å². The van der Waals surface area contributed by atoms with Gasteiger partial charge in [-0.2, -0.15) is 11.8 Å². The summed E-state index contributed by atoms with van der Waals surface area (Å²) < 4.78 is 0. The van der Waals surface area contributed by atoms with Crippen molar-refractivity contribution in [3.8, 4) is 0 Å². The largest absolute Gasteiger partial charge is 0.306 e. The summed E-state index contributed by atoms with van der Waals surface area (Å²) in [4.78, 5) is 0. The van der Waals surface area contributed by atoms with Gasteiger partial charge in [-0.3, -0.25) is 0 Å². The van der Waals surface area contributed by atoms with Gasteiger partial charge in [-0.25, -0.2) is 0 Å². The van der Waals surface area contributed by atoms with Gasteiger partial charge in [0.15, 0.2) is 0 Å². The first-order valence-corrected chi connectivity index (χ1v) is 9.14. The Bertz CT molecular complexity index is 398. The van der Waals surface area contributed by atoms with Crippen molar-refractivity contribution in [1.29, 1.82) is 0 Å². The topological polar surface area (TPSA) is 12.0 Å². The molecular formula is C18H29NS. The van der Waals surface area contributed by atoms with Crippen LogP contribution >= 0.6 is 11.8 Å². The van der Waals surface area contributed by atoms with Gasteiger partial charge in [0.2, 0.25) is 0 Å². The minimum atomic E-state index is 0.458. The number of benzene rings is 1. The minimum absolute atomic E-state index is 0.458. The lowest BCUT2D eigenvalue weighted by Crippen LogP contribution is -2.36. The zero-order chi connectivity index (χ0) is 14.5. The Morgan fingerprint density at radius 2 is 1.75 bits per heavy atom. The molecule has 3 atom stereocenters. The third kappa shape index (κ3) is 4.02. The zero-order valence-corrected chi connectivity index (χ0v) is 14.2. The Hall–Kier alpha value is -0.470. The second kappa shape index (κ2) is 7.51. The molecule has 2 rings (SSSR count). The molecule has 1 fully saturated rings. The normalized spacial score (nSPS) is 24.2. The Morgan fingerprint density at radius 1 is 1.10 bits per heavy atom. The molecule has 0 aromatic heterocycles. The second-order valence-electron chi connectivity index (χ2n) is 6.24. The second-order valence-corrected chi connectivity index (χ2v) is 7.76. The van der Waals surface area contributed by atoms with Crippen molar-refractivity contribution in [2.75, 3.05) is 5.75 Å². The summed E-state index contributed by atoms with van der Waals surface area (Å²) in [5, 5.41) is 4.67. The molecule has 0 spiro atoms. The van der Waals surface area contributed by atoms with Gasteiger partial charge < -0.3 is 5.32 Å². The van der Waals surface area contributed by atoms with Crippen LogP contribution in [0.1, 0.15) is 70.0 Å². The van der Waals surface area contributed by atoms with Gasteiger partial charge in [-0.05, 0) is 42.6 Å².